The quantitative estimate of drug-likeness (QED) is 0.430. The highest BCUT2D eigenvalue weighted by molar-refractivity contribution is 8.77. The van der Waals surface area contributed by atoms with Crippen LogP contribution < -0.4 is 0 Å². The van der Waals surface area contributed by atoms with Crippen molar-refractivity contribution in [3.8, 4) is 0 Å². The van der Waals surface area contributed by atoms with E-state index in [9.17, 15) is 9.59 Å². The molecule has 1 fully saturated rings. The van der Waals surface area contributed by atoms with Gasteiger partial charge in [0.2, 0.25) is 5.91 Å². The molecule has 0 radical (unpaired) electrons. The third kappa shape index (κ3) is 5.28. The molecule has 0 saturated carbocycles. The smallest absolute Gasteiger partial charge is 0.229 e. The highest BCUT2D eigenvalue weighted by Gasteiger charge is 2.48. The van der Waals surface area contributed by atoms with Gasteiger partial charge in [-0.25, -0.2) is 0 Å². The van der Waals surface area contributed by atoms with Crippen molar-refractivity contribution in [3.05, 3.63) is 0 Å². The predicted octanol–water partition coefficient (Wildman–Crippen LogP) is 5.45. The first-order chi connectivity index (χ1) is 12.6. The van der Waals surface area contributed by atoms with E-state index < -0.39 is 5.41 Å². The Kier molecular flexibility index (Phi) is 8.58. The number of likely N-dealkylation sites (tertiary alicyclic amines) is 1. The van der Waals surface area contributed by atoms with Crippen molar-refractivity contribution in [1.29, 1.82) is 0 Å². The molecule has 1 unspecified atom stereocenters. The van der Waals surface area contributed by atoms with Gasteiger partial charge in [-0.15, -0.1) is 0 Å². The summed E-state index contributed by atoms with van der Waals surface area (Å²) in [7, 11) is 5.25. The van der Waals surface area contributed by atoms with Gasteiger partial charge >= 0.3 is 0 Å². The Balaban J connectivity index is 2.82. The molecule has 0 bridgehead atoms. The molecule has 1 aliphatic heterocycles. The molecule has 164 valence electrons. The topological polar surface area (TPSA) is 46.6 Å². The lowest BCUT2D eigenvalue weighted by Gasteiger charge is -2.44. The zero-order valence-corrected chi connectivity index (χ0v) is 21.2. The van der Waals surface area contributed by atoms with Crippen molar-refractivity contribution in [2.24, 2.45) is 16.2 Å². The van der Waals surface area contributed by atoms with Crippen LogP contribution in [0.2, 0.25) is 0 Å². The fraction of sp³-hybridized carbons (Fsp3) is 0.909. The fourth-order valence-electron chi connectivity index (χ4n) is 3.17. The van der Waals surface area contributed by atoms with Crippen LogP contribution in [0.5, 0.6) is 0 Å². The van der Waals surface area contributed by atoms with Crippen LogP contribution in [0.1, 0.15) is 75.2 Å². The monoisotopic (exact) mass is 431 g/mol. The summed E-state index contributed by atoms with van der Waals surface area (Å²) in [4.78, 5) is 27.5. The number of ketones is 1. The zero-order valence-electron chi connectivity index (χ0n) is 19.6. The molecule has 4 nitrogen and oxygen atoms in total. The fourth-order valence-corrected chi connectivity index (χ4v) is 7.04. The van der Waals surface area contributed by atoms with Crippen molar-refractivity contribution < 1.29 is 14.3 Å². The van der Waals surface area contributed by atoms with E-state index in [-0.39, 0.29) is 33.3 Å². The van der Waals surface area contributed by atoms with E-state index in [0.29, 0.717) is 6.61 Å². The summed E-state index contributed by atoms with van der Waals surface area (Å²) >= 11 is 0. The summed E-state index contributed by atoms with van der Waals surface area (Å²) in [5.74, 6) is 1.29. The first-order valence-corrected chi connectivity index (χ1v) is 12.6. The minimum absolute atomic E-state index is 0.126. The summed E-state index contributed by atoms with van der Waals surface area (Å²) < 4.78 is 5.08. The molecule has 0 aliphatic carbocycles. The minimum Gasteiger partial charge on any atom is -0.383 e. The average molecular weight is 432 g/mol. The molecule has 1 rings (SSSR count). The second-order valence-electron chi connectivity index (χ2n) is 10.3. The number of carbonyl (C=O) groups excluding carboxylic acids is 2. The van der Waals surface area contributed by atoms with E-state index >= 15 is 0 Å². The largest absolute Gasteiger partial charge is 0.383 e. The number of hydrogen-bond acceptors (Lipinski definition) is 5. The molecule has 1 saturated heterocycles. The first-order valence-electron chi connectivity index (χ1n) is 10.2. The third-order valence-corrected chi connectivity index (χ3v) is 11.1. The lowest BCUT2D eigenvalue weighted by molar-refractivity contribution is -0.143. The molecule has 0 aromatic heterocycles. The number of methoxy groups -OCH3 is 1. The summed E-state index contributed by atoms with van der Waals surface area (Å²) in [5, 5.41) is 0. The van der Waals surface area contributed by atoms with Crippen LogP contribution in [0.25, 0.3) is 0 Å². The Labute approximate surface area is 180 Å². The van der Waals surface area contributed by atoms with Gasteiger partial charge in [-0.05, 0) is 52.9 Å². The van der Waals surface area contributed by atoms with Gasteiger partial charge in [0.1, 0.15) is 5.78 Å². The molecule has 1 atom stereocenters. The highest BCUT2D eigenvalue weighted by Crippen LogP contribution is 2.52. The molecule has 1 heterocycles. The summed E-state index contributed by atoms with van der Waals surface area (Å²) in [6.07, 6.45) is 2.07. The Morgan fingerprint density at radius 2 is 1.61 bits per heavy atom. The van der Waals surface area contributed by atoms with Crippen molar-refractivity contribution in [2.45, 2.75) is 85.9 Å². The normalized spacial score (nSPS) is 19.2. The maximum absolute atomic E-state index is 13.4. The Morgan fingerprint density at radius 1 is 1.04 bits per heavy atom. The first kappa shape index (κ1) is 25.8. The van der Waals surface area contributed by atoms with Gasteiger partial charge in [-0.2, -0.15) is 0 Å². The number of nitrogens with zero attached hydrogens (tertiary/aromatic N) is 1. The van der Waals surface area contributed by atoms with Crippen LogP contribution in [0.15, 0.2) is 0 Å². The standard InChI is InChI=1S/C22H41NO3S2/c1-16(24)20(4,5)19(2,3)15-27-28-22(8,9)21(6,7)18(25)23-13-11-12-17(23)14-26-10/h17H,11-15H2,1-10H3. The van der Waals surface area contributed by atoms with Crippen LogP contribution in [-0.2, 0) is 14.3 Å². The van der Waals surface area contributed by atoms with E-state index in [2.05, 4.69) is 41.5 Å². The molecular formula is C22H41NO3S2. The van der Waals surface area contributed by atoms with Gasteiger partial charge in [0.05, 0.1) is 18.1 Å². The lowest BCUT2D eigenvalue weighted by Crippen LogP contribution is -2.52. The Hall–Kier alpha value is -0.200. The maximum atomic E-state index is 13.4. The highest BCUT2D eigenvalue weighted by atomic mass is 33.1. The molecule has 0 aromatic carbocycles. The second kappa shape index (κ2) is 9.30. The van der Waals surface area contributed by atoms with E-state index in [1.807, 2.05) is 18.7 Å². The van der Waals surface area contributed by atoms with E-state index in [0.717, 1.165) is 25.1 Å². The Bertz CT molecular complexity index is 570. The van der Waals surface area contributed by atoms with Gasteiger partial charge in [-0.1, -0.05) is 49.3 Å². The molecule has 0 aromatic rings. The van der Waals surface area contributed by atoms with Gasteiger partial charge in [0.15, 0.2) is 0 Å². The van der Waals surface area contributed by atoms with Gasteiger partial charge in [0.25, 0.3) is 0 Å². The van der Waals surface area contributed by atoms with Crippen molar-refractivity contribution in [1.82, 2.24) is 4.90 Å². The molecule has 1 aliphatic rings. The number of hydrogen-bond donors (Lipinski definition) is 0. The number of Topliss-reactive ketones (excluding diaryl/α,β-unsaturated/α-hetero) is 1. The van der Waals surface area contributed by atoms with Crippen LogP contribution >= 0.6 is 21.6 Å². The van der Waals surface area contributed by atoms with Crippen LogP contribution in [0.4, 0.5) is 0 Å². The SMILES string of the molecule is COCC1CCCN1C(=O)C(C)(C)C(C)(C)SSCC(C)(C)C(C)(C)C(C)=O. The third-order valence-electron chi connectivity index (χ3n) is 7.30. The molecular weight excluding hydrogens is 390 g/mol. The summed E-state index contributed by atoms with van der Waals surface area (Å²) in [5.41, 5.74) is -1.00. The number of amides is 1. The Morgan fingerprint density at radius 3 is 2.11 bits per heavy atom. The second-order valence-corrected chi connectivity index (χ2v) is 13.2. The molecule has 0 N–H and O–H groups in total. The van der Waals surface area contributed by atoms with Gasteiger partial charge < -0.3 is 9.64 Å². The minimum atomic E-state index is -0.499. The van der Waals surface area contributed by atoms with E-state index in [1.165, 1.54) is 0 Å². The lowest BCUT2D eigenvalue weighted by atomic mass is 9.67. The van der Waals surface area contributed by atoms with Crippen molar-refractivity contribution in [3.63, 3.8) is 0 Å². The van der Waals surface area contributed by atoms with Gasteiger partial charge in [0, 0.05) is 29.6 Å². The van der Waals surface area contributed by atoms with Crippen molar-refractivity contribution >= 4 is 33.3 Å². The summed E-state index contributed by atoms with van der Waals surface area (Å²) in [6.45, 7) is 19.9. The number of carbonyl (C=O) groups is 2. The molecule has 28 heavy (non-hydrogen) atoms. The van der Waals surface area contributed by atoms with Gasteiger partial charge in [-0.3, -0.25) is 9.59 Å². The summed E-state index contributed by atoms with van der Waals surface area (Å²) in [6, 6.07) is 0.195. The van der Waals surface area contributed by atoms with Crippen LogP contribution in [-0.4, -0.2) is 53.4 Å². The number of ether oxygens (including phenoxy) is 1. The molecule has 1 amide bonds. The predicted molar refractivity (Wildman–Crippen MR) is 123 cm³/mol. The number of rotatable bonds is 10. The van der Waals surface area contributed by atoms with E-state index in [4.69, 9.17) is 4.74 Å². The maximum Gasteiger partial charge on any atom is 0.229 e. The van der Waals surface area contributed by atoms with Crippen LogP contribution in [0.3, 0.4) is 0 Å². The zero-order chi connectivity index (χ0) is 22.0. The average Bonchev–Trinajstić information content (AvgIpc) is 3.01. The molecule has 0 spiro atoms. The van der Waals surface area contributed by atoms with E-state index in [1.54, 1.807) is 35.6 Å². The van der Waals surface area contributed by atoms with Crippen LogP contribution in [0, 0.1) is 16.2 Å². The van der Waals surface area contributed by atoms with Crippen molar-refractivity contribution in [2.75, 3.05) is 26.0 Å². The molecule has 6 heteroatoms.